The quantitative estimate of drug-likeness (QED) is 0.479. The van der Waals surface area contributed by atoms with Crippen LogP contribution >= 0.6 is 15.9 Å². The average Bonchev–Trinajstić information content (AvgIpc) is 2.34. The standard InChI is InChI=1S/C7H11BrO/c1-2-6-3-4-7(5-8)9-6/h2,6-7H,1,3-5H2. The van der Waals surface area contributed by atoms with Crippen LogP contribution in [0.2, 0.25) is 0 Å². The Morgan fingerprint density at radius 3 is 2.78 bits per heavy atom. The highest BCUT2D eigenvalue weighted by Crippen LogP contribution is 2.21. The lowest BCUT2D eigenvalue weighted by molar-refractivity contribution is 0.0872. The maximum atomic E-state index is 5.49. The fourth-order valence-electron chi connectivity index (χ4n) is 1.02. The van der Waals surface area contributed by atoms with Crippen molar-refractivity contribution in [1.82, 2.24) is 0 Å². The summed E-state index contributed by atoms with van der Waals surface area (Å²) in [6.07, 6.45) is 4.92. The number of hydrogen-bond donors (Lipinski definition) is 0. The van der Waals surface area contributed by atoms with Crippen molar-refractivity contribution in [3.05, 3.63) is 12.7 Å². The maximum absolute atomic E-state index is 5.49. The van der Waals surface area contributed by atoms with Crippen LogP contribution < -0.4 is 0 Å². The number of rotatable bonds is 2. The van der Waals surface area contributed by atoms with Gasteiger partial charge in [-0.3, -0.25) is 0 Å². The molecule has 0 N–H and O–H groups in total. The molecular weight excluding hydrogens is 180 g/mol. The molecule has 1 rings (SSSR count). The van der Waals surface area contributed by atoms with Gasteiger partial charge in [-0.15, -0.1) is 6.58 Å². The van der Waals surface area contributed by atoms with Crippen LogP contribution in [0.4, 0.5) is 0 Å². The van der Waals surface area contributed by atoms with Crippen molar-refractivity contribution in [1.29, 1.82) is 0 Å². The normalized spacial score (nSPS) is 34.8. The van der Waals surface area contributed by atoms with E-state index in [9.17, 15) is 0 Å². The van der Waals surface area contributed by atoms with Gasteiger partial charge in [0.1, 0.15) is 0 Å². The lowest BCUT2D eigenvalue weighted by Gasteiger charge is -2.05. The summed E-state index contributed by atoms with van der Waals surface area (Å²) in [5, 5.41) is 0.956. The molecule has 0 bridgehead atoms. The summed E-state index contributed by atoms with van der Waals surface area (Å²) in [7, 11) is 0. The van der Waals surface area contributed by atoms with Crippen LogP contribution in [-0.4, -0.2) is 17.5 Å². The molecule has 0 aromatic rings. The second-order valence-corrected chi connectivity index (χ2v) is 2.91. The monoisotopic (exact) mass is 190 g/mol. The lowest BCUT2D eigenvalue weighted by atomic mass is 10.2. The summed E-state index contributed by atoms with van der Waals surface area (Å²) in [6, 6.07) is 0. The molecule has 0 saturated carbocycles. The first-order valence-corrected chi connectivity index (χ1v) is 4.33. The van der Waals surface area contributed by atoms with E-state index in [1.165, 1.54) is 6.42 Å². The molecule has 9 heavy (non-hydrogen) atoms. The predicted octanol–water partition coefficient (Wildman–Crippen LogP) is 2.11. The van der Waals surface area contributed by atoms with Crippen LogP contribution in [0.3, 0.4) is 0 Å². The summed E-state index contributed by atoms with van der Waals surface area (Å²) in [4.78, 5) is 0. The van der Waals surface area contributed by atoms with E-state index in [1.54, 1.807) is 0 Å². The highest BCUT2D eigenvalue weighted by Gasteiger charge is 2.21. The fraction of sp³-hybridized carbons (Fsp3) is 0.714. The van der Waals surface area contributed by atoms with Gasteiger partial charge in [-0.1, -0.05) is 22.0 Å². The Morgan fingerprint density at radius 2 is 2.44 bits per heavy atom. The highest BCUT2D eigenvalue weighted by atomic mass is 79.9. The Bertz CT molecular complexity index is 103. The molecular formula is C7H11BrO. The molecule has 0 spiro atoms. The van der Waals surface area contributed by atoms with E-state index >= 15 is 0 Å². The van der Waals surface area contributed by atoms with Crippen molar-refractivity contribution in [2.45, 2.75) is 25.0 Å². The molecule has 1 aliphatic heterocycles. The molecule has 0 radical (unpaired) electrons. The van der Waals surface area contributed by atoms with Gasteiger partial charge in [0, 0.05) is 5.33 Å². The molecule has 0 aromatic heterocycles. The van der Waals surface area contributed by atoms with Gasteiger partial charge in [0.05, 0.1) is 12.2 Å². The SMILES string of the molecule is C=CC1CCC(CBr)O1. The summed E-state index contributed by atoms with van der Waals surface area (Å²) in [5.74, 6) is 0. The summed E-state index contributed by atoms with van der Waals surface area (Å²) in [6.45, 7) is 3.67. The molecule has 2 unspecified atom stereocenters. The van der Waals surface area contributed by atoms with Gasteiger partial charge in [-0.25, -0.2) is 0 Å². The Morgan fingerprint density at radius 1 is 1.67 bits per heavy atom. The number of halogens is 1. The second-order valence-electron chi connectivity index (χ2n) is 2.26. The summed E-state index contributed by atoms with van der Waals surface area (Å²) in [5.41, 5.74) is 0. The van der Waals surface area contributed by atoms with Crippen LogP contribution in [0.1, 0.15) is 12.8 Å². The van der Waals surface area contributed by atoms with Gasteiger partial charge in [0.2, 0.25) is 0 Å². The van der Waals surface area contributed by atoms with E-state index in [0.717, 1.165) is 11.8 Å². The van der Waals surface area contributed by atoms with Crippen molar-refractivity contribution in [2.24, 2.45) is 0 Å². The molecule has 1 fully saturated rings. The number of alkyl halides is 1. The zero-order valence-corrected chi connectivity index (χ0v) is 6.93. The zero-order chi connectivity index (χ0) is 6.69. The molecule has 1 nitrogen and oxygen atoms in total. The second kappa shape index (κ2) is 3.37. The fourth-order valence-corrected chi connectivity index (χ4v) is 1.50. The van der Waals surface area contributed by atoms with Gasteiger partial charge in [0.25, 0.3) is 0 Å². The summed E-state index contributed by atoms with van der Waals surface area (Å²) >= 11 is 3.37. The average molecular weight is 191 g/mol. The third-order valence-corrected chi connectivity index (χ3v) is 2.30. The van der Waals surface area contributed by atoms with Gasteiger partial charge >= 0.3 is 0 Å². The molecule has 0 amide bonds. The lowest BCUT2D eigenvalue weighted by Crippen LogP contribution is -2.09. The largest absolute Gasteiger partial charge is 0.370 e. The highest BCUT2D eigenvalue weighted by molar-refractivity contribution is 9.09. The first-order valence-electron chi connectivity index (χ1n) is 3.20. The third kappa shape index (κ3) is 1.80. The minimum absolute atomic E-state index is 0.313. The van der Waals surface area contributed by atoms with Gasteiger partial charge in [-0.05, 0) is 12.8 Å². The van der Waals surface area contributed by atoms with Gasteiger partial charge in [0.15, 0.2) is 0 Å². The molecule has 1 aliphatic rings. The Labute approximate surface area is 64.2 Å². The van der Waals surface area contributed by atoms with Crippen LogP contribution in [0, 0.1) is 0 Å². The van der Waals surface area contributed by atoms with E-state index in [1.807, 2.05) is 6.08 Å². The molecule has 2 heteroatoms. The van der Waals surface area contributed by atoms with Crippen LogP contribution in [0.15, 0.2) is 12.7 Å². The van der Waals surface area contributed by atoms with E-state index in [2.05, 4.69) is 22.5 Å². The van der Waals surface area contributed by atoms with Crippen molar-refractivity contribution >= 4 is 15.9 Å². The topological polar surface area (TPSA) is 9.23 Å². The minimum atomic E-state index is 0.313. The molecule has 1 heterocycles. The van der Waals surface area contributed by atoms with Crippen molar-refractivity contribution in [3.8, 4) is 0 Å². The van der Waals surface area contributed by atoms with Gasteiger partial charge < -0.3 is 4.74 Å². The van der Waals surface area contributed by atoms with Gasteiger partial charge in [-0.2, -0.15) is 0 Å². The van der Waals surface area contributed by atoms with Crippen LogP contribution in [0.25, 0.3) is 0 Å². The Hall–Kier alpha value is 0.180. The molecule has 0 aliphatic carbocycles. The Kier molecular flexibility index (Phi) is 2.73. The first-order chi connectivity index (χ1) is 4.36. The number of hydrogen-bond acceptors (Lipinski definition) is 1. The number of ether oxygens (including phenoxy) is 1. The smallest absolute Gasteiger partial charge is 0.0758 e. The Balaban J connectivity index is 2.28. The molecule has 52 valence electrons. The van der Waals surface area contributed by atoms with E-state index < -0.39 is 0 Å². The minimum Gasteiger partial charge on any atom is -0.370 e. The first kappa shape index (κ1) is 7.29. The van der Waals surface area contributed by atoms with Crippen LogP contribution in [0.5, 0.6) is 0 Å². The summed E-state index contributed by atoms with van der Waals surface area (Å²) < 4.78 is 5.49. The van der Waals surface area contributed by atoms with Crippen molar-refractivity contribution in [3.63, 3.8) is 0 Å². The predicted molar refractivity (Wildman–Crippen MR) is 41.9 cm³/mol. The van der Waals surface area contributed by atoms with E-state index in [4.69, 9.17) is 4.74 Å². The van der Waals surface area contributed by atoms with Crippen LogP contribution in [-0.2, 0) is 4.74 Å². The molecule has 0 aromatic carbocycles. The zero-order valence-electron chi connectivity index (χ0n) is 5.35. The molecule has 1 saturated heterocycles. The van der Waals surface area contributed by atoms with Crippen molar-refractivity contribution in [2.75, 3.05) is 5.33 Å². The maximum Gasteiger partial charge on any atom is 0.0758 e. The molecule has 2 atom stereocenters. The van der Waals surface area contributed by atoms with Crippen molar-refractivity contribution < 1.29 is 4.74 Å². The third-order valence-electron chi connectivity index (χ3n) is 1.58. The van der Waals surface area contributed by atoms with E-state index in [0.29, 0.717) is 12.2 Å². The van der Waals surface area contributed by atoms with E-state index in [-0.39, 0.29) is 0 Å².